The number of H-pyrrole nitrogens is 1. The molecule has 78 valence electrons. The van der Waals surface area contributed by atoms with Gasteiger partial charge < -0.3 is 10.3 Å². The summed E-state index contributed by atoms with van der Waals surface area (Å²) in [5.74, 6) is 0.202. The third-order valence-corrected chi connectivity index (χ3v) is 2.48. The first kappa shape index (κ1) is 9.85. The summed E-state index contributed by atoms with van der Waals surface area (Å²) >= 11 is 1.11. The summed E-state index contributed by atoms with van der Waals surface area (Å²) in [6, 6.07) is 2.87. The number of hydrogen-bond acceptors (Lipinski definition) is 4. The van der Waals surface area contributed by atoms with Crippen molar-refractivity contribution in [1.82, 2.24) is 9.97 Å². The van der Waals surface area contributed by atoms with Gasteiger partial charge in [-0.15, -0.1) is 0 Å². The molecule has 0 aliphatic heterocycles. The molecule has 0 aliphatic rings. The molecule has 15 heavy (non-hydrogen) atoms. The molecule has 2 rings (SSSR count). The van der Waals surface area contributed by atoms with Crippen LogP contribution in [0.25, 0.3) is 0 Å². The van der Waals surface area contributed by atoms with Crippen LogP contribution in [-0.2, 0) is 6.54 Å². The lowest BCUT2D eigenvalue weighted by atomic mass is 10.4. The minimum absolute atomic E-state index is 0.0844. The first-order valence-electron chi connectivity index (χ1n) is 4.26. The Morgan fingerprint density at radius 1 is 1.53 bits per heavy atom. The molecule has 0 saturated heterocycles. The Morgan fingerprint density at radius 2 is 2.40 bits per heavy atom. The van der Waals surface area contributed by atoms with Crippen molar-refractivity contribution in [3.05, 3.63) is 44.9 Å². The van der Waals surface area contributed by atoms with Gasteiger partial charge in [-0.1, -0.05) is 11.3 Å². The molecule has 0 aromatic carbocycles. The number of nitrogens with zero attached hydrogens (tertiary/aromatic N) is 1. The van der Waals surface area contributed by atoms with Gasteiger partial charge >= 0.3 is 4.87 Å². The van der Waals surface area contributed by atoms with E-state index < -0.39 is 0 Å². The lowest BCUT2D eigenvalue weighted by molar-refractivity contribution is 0.621. The third-order valence-electron chi connectivity index (χ3n) is 1.76. The van der Waals surface area contributed by atoms with Crippen molar-refractivity contribution in [3.8, 4) is 0 Å². The molecule has 0 unspecified atom stereocenters. The highest BCUT2D eigenvalue weighted by molar-refractivity contribution is 7.07. The van der Waals surface area contributed by atoms with Gasteiger partial charge in [-0.05, 0) is 12.1 Å². The molecule has 2 heterocycles. The van der Waals surface area contributed by atoms with Crippen molar-refractivity contribution >= 4 is 17.2 Å². The molecule has 0 atom stereocenters. The third kappa shape index (κ3) is 2.63. The summed E-state index contributed by atoms with van der Waals surface area (Å²) in [6.45, 7) is 0.470. The Kier molecular flexibility index (Phi) is 2.77. The van der Waals surface area contributed by atoms with E-state index in [1.165, 1.54) is 6.07 Å². The molecule has 0 radical (unpaired) electrons. The van der Waals surface area contributed by atoms with Gasteiger partial charge in [0.05, 0.1) is 12.7 Å². The molecule has 2 aromatic heterocycles. The van der Waals surface area contributed by atoms with Gasteiger partial charge in [0.2, 0.25) is 0 Å². The second-order valence-corrected chi connectivity index (χ2v) is 3.73. The van der Waals surface area contributed by atoms with Crippen LogP contribution >= 0.6 is 11.3 Å². The summed E-state index contributed by atoms with van der Waals surface area (Å²) < 4.78 is 12.5. The van der Waals surface area contributed by atoms with Gasteiger partial charge in [0.15, 0.2) is 0 Å². The number of aromatic amines is 1. The first-order valence-corrected chi connectivity index (χ1v) is 5.14. The van der Waals surface area contributed by atoms with Crippen LogP contribution < -0.4 is 10.2 Å². The van der Waals surface area contributed by atoms with E-state index in [2.05, 4.69) is 15.3 Å². The molecule has 0 saturated carbocycles. The van der Waals surface area contributed by atoms with E-state index >= 15 is 0 Å². The number of anilines is 1. The first-order chi connectivity index (χ1) is 7.24. The van der Waals surface area contributed by atoms with Gasteiger partial charge in [-0.25, -0.2) is 9.37 Å². The van der Waals surface area contributed by atoms with E-state index in [1.54, 1.807) is 11.4 Å². The predicted molar refractivity (Wildman–Crippen MR) is 56.5 cm³/mol. The minimum atomic E-state index is -0.371. The van der Waals surface area contributed by atoms with Crippen LogP contribution in [0.15, 0.2) is 28.5 Å². The van der Waals surface area contributed by atoms with Crippen LogP contribution in [0, 0.1) is 5.82 Å². The fourth-order valence-electron chi connectivity index (χ4n) is 1.07. The Hall–Kier alpha value is -1.69. The zero-order chi connectivity index (χ0) is 10.7. The highest BCUT2D eigenvalue weighted by atomic mass is 32.1. The smallest absolute Gasteiger partial charge is 0.304 e. The Balaban J connectivity index is 1.99. The van der Waals surface area contributed by atoms with Gasteiger partial charge in [0.25, 0.3) is 0 Å². The van der Waals surface area contributed by atoms with Gasteiger partial charge in [0.1, 0.15) is 11.6 Å². The zero-order valence-corrected chi connectivity index (χ0v) is 8.47. The number of thiazole rings is 1. The van der Waals surface area contributed by atoms with Crippen molar-refractivity contribution in [3.63, 3.8) is 0 Å². The number of rotatable bonds is 3. The normalized spacial score (nSPS) is 10.2. The molecule has 0 spiro atoms. The average molecular weight is 225 g/mol. The van der Waals surface area contributed by atoms with Crippen LogP contribution in [0.2, 0.25) is 0 Å². The van der Waals surface area contributed by atoms with Crippen LogP contribution in [0.4, 0.5) is 10.2 Å². The fourth-order valence-corrected chi connectivity index (χ4v) is 1.65. The zero-order valence-electron chi connectivity index (χ0n) is 7.66. The van der Waals surface area contributed by atoms with Gasteiger partial charge in [-0.2, -0.15) is 0 Å². The quantitative estimate of drug-likeness (QED) is 0.833. The average Bonchev–Trinajstić information content (AvgIpc) is 2.64. The van der Waals surface area contributed by atoms with Crippen LogP contribution in [0.1, 0.15) is 5.69 Å². The maximum absolute atomic E-state index is 12.5. The molecular formula is C9H8FN3OS. The predicted octanol–water partition coefficient (Wildman–Crippen LogP) is 1.58. The van der Waals surface area contributed by atoms with E-state index in [0.717, 1.165) is 23.2 Å². The second-order valence-electron chi connectivity index (χ2n) is 2.89. The largest absolute Gasteiger partial charge is 0.364 e. The fraction of sp³-hybridized carbons (Fsp3) is 0.111. The Labute approximate surface area is 88.8 Å². The maximum Gasteiger partial charge on any atom is 0.304 e. The summed E-state index contributed by atoms with van der Waals surface area (Å²) in [6.07, 6.45) is 1.14. The standard InChI is InChI=1S/C9H8FN3OS/c10-6-1-2-8(11-3-6)12-4-7-5-15-9(14)13-7/h1-3,5H,4H2,(H,11,12)(H,13,14). The molecule has 4 nitrogen and oxygen atoms in total. The lowest BCUT2D eigenvalue weighted by Gasteiger charge is -2.02. The van der Waals surface area contributed by atoms with Crippen molar-refractivity contribution in [2.75, 3.05) is 5.32 Å². The Bertz CT molecular complexity index is 491. The van der Waals surface area contributed by atoms with E-state index in [9.17, 15) is 9.18 Å². The topological polar surface area (TPSA) is 57.8 Å². The number of nitrogens with one attached hydrogen (secondary N) is 2. The number of pyridine rings is 1. The molecule has 0 amide bonds. The summed E-state index contributed by atoms with van der Waals surface area (Å²) in [5.41, 5.74) is 0.788. The second kappa shape index (κ2) is 4.22. The molecular weight excluding hydrogens is 217 g/mol. The summed E-state index contributed by atoms with van der Waals surface area (Å²) in [7, 11) is 0. The highest BCUT2D eigenvalue weighted by Gasteiger charge is 1.97. The summed E-state index contributed by atoms with van der Waals surface area (Å²) in [5, 5.41) is 4.70. The monoisotopic (exact) mass is 225 g/mol. The minimum Gasteiger partial charge on any atom is -0.364 e. The van der Waals surface area contributed by atoms with E-state index in [-0.39, 0.29) is 10.7 Å². The number of hydrogen-bond donors (Lipinski definition) is 2. The number of halogens is 1. The van der Waals surface area contributed by atoms with E-state index in [4.69, 9.17) is 0 Å². The van der Waals surface area contributed by atoms with E-state index in [1.807, 2.05) is 0 Å². The molecule has 2 aromatic rings. The lowest BCUT2D eigenvalue weighted by Crippen LogP contribution is -2.03. The molecule has 0 aliphatic carbocycles. The SMILES string of the molecule is O=c1[nH]c(CNc2ccc(F)cn2)cs1. The van der Waals surface area contributed by atoms with Crippen LogP contribution in [-0.4, -0.2) is 9.97 Å². The summed E-state index contributed by atoms with van der Waals surface area (Å²) in [4.78, 5) is 17.2. The van der Waals surface area contributed by atoms with Crippen LogP contribution in [0.5, 0.6) is 0 Å². The van der Waals surface area contributed by atoms with Crippen LogP contribution in [0.3, 0.4) is 0 Å². The Morgan fingerprint density at radius 3 is 3.00 bits per heavy atom. The highest BCUT2D eigenvalue weighted by Crippen LogP contribution is 2.05. The molecule has 0 bridgehead atoms. The maximum atomic E-state index is 12.5. The van der Waals surface area contributed by atoms with Gasteiger partial charge in [0, 0.05) is 11.1 Å². The van der Waals surface area contributed by atoms with Crippen molar-refractivity contribution < 1.29 is 4.39 Å². The van der Waals surface area contributed by atoms with Crippen molar-refractivity contribution in [2.45, 2.75) is 6.54 Å². The number of aromatic nitrogens is 2. The van der Waals surface area contributed by atoms with Gasteiger partial charge in [-0.3, -0.25) is 4.79 Å². The molecule has 6 heteroatoms. The van der Waals surface area contributed by atoms with E-state index in [0.29, 0.717) is 12.4 Å². The van der Waals surface area contributed by atoms with Crippen molar-refractivity contribution in [2.24, 2.45) is 0 Å². The molecule has 2 N–H and O–H groups in total. The molecule has 0 fully saturated rings. The van der Waals surface area contributed by atoms with Crippen molar-refractivity contribution in [1.29, 1.82) is 0 Å².